The molecule has 0 spiro atoms. The van der Waals surface area contributed by atoms with E-state index >= 15 is 0 Å². The Morgan fingerprint density at radius 2 is 1.46 bits per heavy atom. The van der Waals surface area contributed by atoms with Crippen LogP contribution in [-0.4, -0.2) is 11.3 Å². The van der Waals surface area contributed by atoms with E-state index in [1.54, 1.807) is 0 Å². The molecule has 2 aliphatic carbocycles. The molecule has 0 aliphatic heterocycles. The third-order valence-electron chi connectivity index (χ3n) is 11.4. The summed E-state index contributed by atoms with van der Waals surface area (Å²) in [5, 5.41) is 16.0. The van der Waals surface area contributed by atoms with E-state index in [4.69, 9.17) is 5.41 Å². The van der Waals surface area contributed by atoms with Crippen molar-refractivity contribution in [3.05, 3.63) is 215 Å². The molecule has 8 rings (SSSR count). The zero-order chi connectivity index (χ0) is 40.4. The summed E-state index contributed by atoms with van der Waals surface area (Å²) in [6.07, 6.45) is 21.4. The van der Waals surface area contributed by atoms with Gasteiger partial charge in [0.15, 0.2) is 0 Å². The molecule has 0 bridgehead atoms. The molecule has 2 N–H and O–H groups in total. The highest BCUT2D eigenvalue weighted by molar-refractivity contribution is 5.84. The maximum atomic E-state index is 5.50. The number of allylic oxidation sites excluding steroid dienone is 7. The van der Waals surface area contributed by atoms with Gasteiger partial charge in [-0.25, -0.2) is 0 Å². The molecule has 57 heavy (non-hydrogen) atoms. The normalized spacial score (nSPS) is 17.5. The third kappa shape index (κ3) is 8.70. The number of nitrogens with zero attached hydrogens (tertiary/aromatic N) is 1. The molecule has 0 fully saturated rings. The number of hydrogen-bond donors (Lipinski definition) is 2. The van der Waals surface area contributed by atoms with Crippen LogP contribution >= 0.6 is 0 Å². The first-order valence-corrected chi connectivity index (χ1v) is 20.1. The van der Waals surface area contributed by atoms with Crippen LogP contribution in [0.25, 0.3) is 33.3 Å². The standard InChI is InChI=1S/C46H46N2.C7H8.CH3N/c1-6-15-43-42-22-13-14-23-44(42)48(45(43)34(5)28-38-19-8-7-16-33(38)4)46(32(2)3,41-27-26-37-18-10-12-21-40(37)30-41)47-31-35-24-25-36-17-9-11-20-39(36)29-35;1-7-5-3-2-4-6-7;1-2/h6-27,29-30,32,37,40,47H,1,28,31H2,2-5H3;2-6H,1H3;2H,1H2/b43-15-,45-34+;;. The van der Waals surface area contributed by atoms with Gasteiger partial charge in [-0.1, -0.05) is 190 Å². The lowest BCUT2D eigenvalue weighted by Gasteiger charge is -2.44. The van der Waals surface area contributed by atoms with Crippen molar-refractivity contribution in [1.29, 1.82) is 5.41 Å². The Kier molecular flexibility index (Phi) is 13.4. The Balaban J connectivity index is 0.000000545. The summed E-state index contributed by atoms with van der Waals surface area (Å²) in [5.74, 6) is 0.895. The lowest BCUT2D eigenvalue weighted by Crippen LogP contribution is -2.57. The molecule has 0 saturated carbocycles. The Labute approximate surface area is 340 Å². The van der Waals surface area contributed by atoms with E-state index in [-0.39, 0.29) is 5.92 Å². The number of nitrogens with one attached hydrogen (secondary N) is 2. The van der Waals surface area contributed by atoms with Gasteiger partial charge in [-0.2, -0.15) is 0 Å². The minimum atomic E-state index is -0.558. The molecule has 0 radical (unpaired) electrons. The fraction of sp³-hybridized carbons (Fsp3) is 0.204. The van der Waals surface area contributed by atoms with E-state index in [1.807, 2.05) is 24.3 Å². The van der Waals surface area contributed by atoms with Crippen LogP contribution < -0.4 is 15.9 Å². The van der Waals surface area contributed by atoms with E-state index in [2.05, 4.69) is 210 Å². The van der Waals surface area contributed by atoms with Crippen LogP contribution in [0.15, 0.2) is 182 Å². The van der Waals surface area contributed by atoms with Gasteiger partial charge in [-0.15, -0.1) is 0 Å². The van der Waals surface area contributed by atoms with Crippen molar-refractivity contribution in [1.82, 2.24) is 9.88 Å². The van der Waals surface area contributed by atoms with Crippen molar-refractivity contribution in [2.45, 2.75) is 53.2 Å². The van der Waals surface area contributed by atoms with Crippen LogP contribution in [0, 0.1) is 37.0 Å². The average molecular weight is 748 g/mol. The number of aromatic nitrogens is 1. The molecule has 288 valence electrons. The first-order valence-electron chi connectivity index (χ1n) is 20.1. The van der Waals surface area contributed by atoms with E-state index < -0.39 is 5.66 Å². The van der Waals surface area contributed by atoms with Crippen molar-refractivity contribution in [3.63, 3.8) is 0 Å². The van der Waals surface area contributed by atoms with Gasteiger partial charge < -0.3 is 9.98 Å². The minimum Gasteiger partial charge on any atom is -0.317 e. The van der Waals surface area contributed by atoms with Crippen LogP contribution in [0.2, 0.25) is 0 Å². The summed E-state index contributed by atoms with van der Waals surface area (Å²) >= 11 is 0. The number of rotatable bonds is 9. The van der Waals surface area contributed by atoms with Crippen LogP contribution in [0.5, 0.6) is 0 Å². The van der Waals surface area contributed by atoms with Crippen LogP contribution in [0.3, 0.4) is 0 Å². The minimum absolute atomic E-state index is 0.200. The third-order valence-corrected chi connectivity index (χ3v) is 11.4. The zero-order valence-electron chi connectivity index (χ0n) is 34.3. The highest BCUT2D eigenvalue weighted by Gasteiger charge is 2.42. The topological polar surface area (TPSA) is 40.8 Å². The van der Waals surface area contributed by atoms with Gasteiger partial charge in [0, 0.05) is 29.0 Å². The molecule has 1 heterocycles. The molecule has 0 saturated heterocycles. The SMILES string of the molecule is C=C/C=c1\c(=C(\C)Cc2ccccc2C)n(C(NCc2ccc3ccccc3c2)(C2=CC3C=CC=CC3C=C2)C(C)C)c2ccccc12.C=N.Cc1ccccc1. The summed E-state index contributed by atoms with van der Waals surface area (Å²) in [5.41, 5.74) is 8.57. The average Bonchev–Trinajstić information content (AvgIpc) is 3.57. The molecule has 1 aromatic heterocycles. The zero-order valence-corrected chi connectivity index (χ0v) is 34.3. The van der Waals surface area contributed by atoms with Crippen molar-refractivity contribution in [3.8, 4) is 0 Å². The predicted molar refractivity (Wildman–Crippen MR) is 247 cm³/mol. The van der Waals surface area contributed by atoms with Gasteiger partial charge in [0.1, 0.15) is 5.66 Å². The maximum Gasteiger partial charge on any atom is 0.124 e. The lowest BCUT2D eigenvalue weighted by molar-refractivity contribution is 0.187. The predicted octanol–water partition coefficient (Wildman–Crippen LogP) is 11.7. The Hall–Kier alpha value is -6.03. The number of fused-ring (bicyclic) bond motifs is 3. The van der Waals surface area contributed by atoms with Gasteiger partial charge in [0.05, 0.1) is 10.9 Å². The first-order chi connectivity index (χ1) is 27.8. The van der Waals surface area contributed by atoms with E-state index in [9.17, 15) is 0 Å². The quantitative estimate of drug-likeness (QED) is 0.142. The van der Waals surface area contributed by atoms with Crippen LogP contribution in [0.1, 0.15) is 43.0 Å². The summed E-state index contributed by atoms with van der Waals surface area (Å²) in [6.45, 7) is 18.8. The lowest BCUT2D eigenvalue weighted by atomic mass is 9.76. The Morgan fingerprint density at radius 3 is 2.16 bits per heavy atom. The van der Waals surface area contributed by atoms with E-state index in [1.165, 1.54) is 65.6 Å². The summed E-state index contributed by atoms with van der Waals surface area (Å²) < 4.78 is 2.65. The summed E-state index contributed by atoms with van der Waals surface area (Å²) in [7, 11) is 0. The van der Waals surface area contributed by atoms with E-state index in [0.29, 0.717) is 11.8 Å². The first kappa shape index (κ1) is 40.6. The number of para-hydroxylation sites is 1. The summed E-state index contributed by atoms with van der Waals surface area (Å²) in [4.78, 5) is 0. The molecular weight excluding hydrogens is 691 g/mol. The highest BCUT2D eigenvalue weighted by Crippen LogP contribution is 2.40. The van der Waals surface area contributed by atoms with Crippen molar-refractivity contribution in [2.75, 3.05) is 0 Å². The molecule has 6 aromatic rings. The van der Waals surface area contributed by atoms with Crippen molar-refractivity contribution in [2.24, 2.45) is 17.8 Å². The van der Waals surface area contributed by atoms with Gasteiger partial charge >= 0.3 is 0 Å². The fourth-order valence-corrected chi connectivity index (χ4v) is 8.47. The molecule has 3 unspecified atom stereocenters. The number of hydrogen-bond acceptors (Lipinski definition) is 2. The second-order valence-corrected chi connectivity index (χ2v) is 15.4. The van der Waals surface area contributed by atoms with Gasteiger partial charge in [0.2, 0.25) is 0 Å². The number of aryl methyl sites for hydroxylation is 2. The van der Waals surface area contributed by atoms with Crippen LogP contribution in [0.4, 0.5) is 0 Å². The molecule has 5 aromatic carbocycles. The summed E-state index contributed by atoms with van der Waals surface area (Å²) in [6, 6.07) is 43.5. The fourth-order valence-electron chi connectivity index (χ4n) is 8.47. The Morgan fingerprint density at radius 1 is 0.789 bits per heavy atom. The van der Waals surface area contributed by atoms with Crippen molar-refractivity contribution < 1.29 is 0 Å². The van der Waals surface area contributed by atoms with Crippen LogP contribution in [-0.2, 0) is 18.6 Å². The van der Waals surface area contributed by atoms with E-state index in [0.717, 1.165) is 13.0 Å². The second-order valence-electron chi connectivity index (χ2n) is 15.4. The molecule has 0 amide bonds. The van der Waals surface area contributed by atoms with Gasteiger partial charge in [-0.05, 0) is 90.6 Å². The molecule has 3 nitrogen and oxygen atoms in total. The molecular formula is C54H57N3. The van der Waals surface area contributed by atoms with Gasteiger partial charge in [-0.3, -0.25) is 5.32 Å². The number of benzene rings is 5. The largest absolute Gasteiger partial charge is 0.317 e. The molecule has 3 heteroatoms. The van der Waals surface area contributed by atoms with Gasteiger partial charge in [0.25, 0.3) is 0 Å². The molecule has 3 atom stereocenters. The highest BCUT2D eigenvalue weighted by atomic mass is 15.2. The second kappa shape index (κ2) is 18.7. The smallest absolute Gasteiger partial charge is 0.124 e. The maximum absolute atomic E-state index is 5.50. The monoisotopic (exact) mass is 747 g/mol. The van der Waals surface area contributed by atoms with Crippen molar-refractivity contribution >= 4 is 40.0 Å². The molecule has 2 aliphatic rings. The Bertz CT molecular complexity index is 2580.